The van der Waals surface area contributed by atoms with Crippen molar-refractivity contribution < 1.29 is 23.7 Å². The summed E-state index contributed by atoms with van der Waals surface area (Å²) in [6, 6.07) is 11.1. The summed E-state index contributed by atoms with van der Waals surface area (Å²) in [6.07, 6.45) is 0.336. The van der Waals surface area contributed by atoms with Gasteiger partial charge in [0.1, 0.15) is 0 Å². The number of esters is 1. The van der Waals surface area contributed by atoms with Crippen molar-refractivity contribution in [2.75, 3.05) is 11.9 Å². The van der Waals surface area contributed by atoms with E-state index in [-0.39, 0.29) is 24.3 Å². The molecule has 0 saturated carbocycles. The molecule has 156 valence electrons. The van der Waals surface area contributed by atoms with Crippen molar-refractivity contribution in [3.05, 3.63) is 68.7 Å². The molecule has 10 heteroatoms. The number of benzene rings is 2. The molecule has 1 N–H and O–H groups in total. The predicted molar refractivity (Wildman–Crippen MR) is 107 cm³/mol. The molecule has 1 amide bonds. The third kappa shape index (κ3) is 4.90. The number of hydrogen-bond acceptors (Lipinski definition) is 7. The van der Waals surface area contributed by atoms with Crippen LogP contribution in [0, 0.1) is 17.0 Å². The van der Waals surface area contributed by atoms with Gasteiger partial charge in [-0.05, 0) is 31.0 Å². The van der Waals surface area contributed by atoms with Gasteiger partial charge >= 0.3 is 11.7 Å². The molecular weight excluding hydrogens is 394 g/mol. The normalized spacial score (nSPS) is 10.7. The SMILES string of the molecule is Cc1ccc([N+](=O)[O-])cc1NC(=O)COC(=O)CCCn1c(=O)oc2ccccc21. The third-order valence-corrected chi connectivity index (χ3v) is 4.41. The fourth-order valence-electron chi connectivity index (χ4n) is 2.87. The Bertz CT molecular complexity index is 1160. The van der Waals surface area contributed by atoms with Crippen LogP contribution >= 0.6 is 0 Å². The number of carbonyl (C=O) groups excluding carboxylic acids is 2. The summed E-state index contributed by atoms with van der Waals surface area (Å²) in [7, 11) is 0. The van der Waals surface area contributed by atoms with E-state index < -0.39 is 29.2 Å². The number of aromatic nitrogens is 1. The van der Waals surface area contributed by atoms with Gasteiger partial charge in [0, 0.05) is 25.1 Å². The molecule has 0 radical (unpaired) electrons. The highest BCUT2D eigenvalue weighted by molar-refractivity contribution is 5.93. The van der Waals surface area contributed by atoms with Gasteiger partial charge in [-0.1, -0.05) is 18.2 Å². The van der Waals surface area contributed by atoms with Crippen molar-refractivity contribution in [1.29, 1.82) is 0 Å². The van der Waals surface area contributed by atoms with E-state index in [1.165, 1.54) is 22.8 Å². The minimum Gasteiger partial charge on any atom is -0.456 e. The number of anilines is 1. The zero-order chi connectivity index (χ0) is 21.7. The minimum atomic E-state index is -0.607. The van der Waals surface area contributed by atoms with Gasteiger partial charge in [-0.15, -0.1) is 0 Å². The average molecular weight is 413 g/mol. The Labute approximate surface area is 170 Å². The second-order valence-electron chi connectivity index (χ2n) is 6.56. The number of nitro benzene ring substituents is 1. The monoisotopic (exact) mass is 413 g/mol. The average Bonchev–Trinajstić information content (AvgIpc) is 3.03. The van der Waals surface area contributed by atoms with Gasteiger partial charge in [-0.2, -0.15) is 0 Å². The summed E-state index contributed by atoms with van der Waals surface area (Å²) in [4.78, 5) is 46.0. The number of ether oxygens (including phenoxy) is 1. The van der Waals surface area contributed by atoms with Gasteiger partial charge in [-0.25, -0.2) is 4.79 Å². The fraction of sp³-hybridized carbons (Fsp3) is 0.250. The van der Waals surface area contributed by atoms with Gasteiger partial charge in [0.05, 0.1) is 16.1 Å². The number of nitro groups is 1. The summed E-state index contributed by atoms with van der Waals surface area (Å²) in [5, 5.41) is 13.3. The maximum atomic E-state index is 12.0. The van der Waals surface area contributed by atoms with Crippen LogP contribution in [-0.4, -0.2) is 28.0 Å². The third-order valence-electron chi connectivity index (χ3n) is 4.41. The van der Waals surface area contributed by atoms with Crippen molar-refractivity contribution in [2.45, 2.75) is 26.3 Å². The van der Waals surface area contributed by atoms with Gasteiger partial charge in [0.15, 0.2) is 12.2 Å². The lowest BCUT2D eigenvalue weighted by Gasteiger charge is -2.09. The van der Waals surface area contributed by atoms with Crippen LogP contribution in [0.3, 0.4) is 0 Å². The highest BCUT2D eigenvalue weighted by Crippen LogP contribution is 2.21. The van der Waals surface area contributed by atoms with Gasteiger partial charge in [0.25, 0.3) is 11.6 Å². The number of fused-ring (bicyclic) bond motifs is 1. The molecule has 2 aromatic carbocycles. The minimum absolute atomic E-state index is 0.00899. The predicted octanol–water partition coefficient (Wildman–Crippen LogP) is 2.77. The molecule has 0 aliphatic carbocycles. The molecule has 3 aromatic rings. The Hall–Kier alpha value is -3.95. The topological polar surface area (TPSA) is 134 Å². The smallest absolute Gasteiger partial charge is 0.419 e. The maximum Gasteiger partial charge on any atom is 0.419 e. The summed E-state index contributed by atoms with van der Waals surface area (Å²) in [5.41, 5.74) is 1.87. The molecular formula is C20H19N3O7. The van der Waals surface area contributed by atoms with Crippen LogP contribution in [0.15, 0.2) is 51.7 Å². The molecule has 0 fully saturated rings. The van der Waals surface area contributed by atoms with Crippen LogP contribution in [0.1, 0.15) is 18.4 Å². The van der Waals surface area contributed by atoms with Gasteiger partial charge in [-0.3, -0.25) is 24.3 Å². The van der Waals surface area contributed by atoms with E-state index >= 15 is 0 Å². The van der Waals surface area contributed by atoms with E-state index in [4.69, 9.17) is 9.15 Å². The largest absolute Gasteiger partial charge is 0.456 e. The van der Waals surface area contributed by atoms with E-state index in [0.29, 0.717) is 23.1 Å². The van der Waals surface area contributed by atoms with Crippen LogP contribution in [0.4, 0.5) is 11.4 Å². The Morgan fingerprint density at radius 2 is 2.00 bits per heavy atom. The number of nitrogens with one attached hydrogen (secondary N) is 1. The number of hydrogen-bond donors (Lipinski definition) is 1. The Balaban J connectivity index is 1.47. The molecule has 0 spiro atoms. The van der Waals surface area contributed by atoms with Gasteiger partial charge in [0.2, 0.25) is 0 Å². The Morgan fingerprint density at radius 3 is 2.77 bits per heavy atom. The lowest BCUT2D eigenvalue weighted by Crippen LogP contribution is -2.21. The Morgan fingerprint density at radius 1 is 1.23 bits per heavy atom. The standard InChI is InChI=1S/C20H19N3O7/c1-13-8-9-14(23(27)28)11-15(13)21-18(24)12-29-19(25)7-4-10-22-16-5-2-3-6-17(16)30-20(22)26/h2-3,5-6,8-9,11H,4,7,10,12H2,1H3,(H,21,24). The van der Waals surface area contributed by atoms with Crippen LogP contribution in [-0.2, 0) is 20.9 Å². The molecule has 30 heavy (non-hydrogen) atoms. The van der Waals surface area contributed by atoms with E-state index in [2.05, 4.69) is 5.32 Å². The summed E-state index contributed by atoms with van der Waals surface area (Å²) >= 11 is 0. The number of aryl methyl sites for hydroxylation is 2. The summed E-state index contributed by atoms with van der Waals surface area (Å²) in [5.74, 6) is -1.71. The highest BCUT2D eigenvalue weighted by atomic mass is 16.6. The first-order valence-electron chi connectivity index (χ1n) is 9.14. The zero-order valence-electron chi connectivity index (χ0n) is 16.1. The van der Waals surface area contributed by atoms with Crippen LogP contribution in [0.5, 0.6) is 0 Å². The van der Waals surface area contributed by atoms with E-state index in [9.17, 15) is 24.5 Å². The van der Waals surface area contributed by atoms with E-state index in [1.807, 2.05) is 0 Å². The lowest BCUT2D eigenvalue weighted by molar-refractivity contribution is -0.384. The number of carbonyl (C=O) groups is 2. The molecule has 3 rings (SSSR count). The van der Waals surface area contributed by atoms with Crippen molar-refractivity contribution in [2.24, 2.45) is 0 Å². The second kappa shape index (κ2) is 9.03. The first kappa shape index (κ1) is 20.8. The number of amides is 1. The molecule has 0 saturated heterocycles. The van der Waals surface area contributed by atoms with Gasteiger partial charge < -0.3 is 14.5 Å². The molecule has 0 atom stereocenters. The quantitative estimate of drug-likeness (QED) is 0.341. The number of non-ortho nitro benzene ring substituents is 1. The van der Waals surface area contributed by atoms with Crippen LogP contribution < -0.4 is 11.1 Å². The summed E-state index contributed by atoms with van der Waals surface area (Å²) in [6.45, 7) is 1.44. The van der Waals surface area contributed by atoms with Crippen LogP contribution in [0.2, 0.25) is 0 Å². The number of oxazole rings is 1. The van der Waals surface area contributed by atoms with Crippen molar-refractivity contribution in [1.82, 2.24) is 4.57 Å². The molecule has 10 nitrogen and oxygen atoms in total. The number of rotatable bonds is 8. The summed E-state index contributed by atoms with van der Waals surface area (Å²) < 4.78 is 11.5. The van der Waals surface area contributed by atoms with Crippen LogP contribution in [0.25, 0.3) is 11.1 Å². The second-order valence-corrected chi connectivity index (χ2v) is 6.56. The number of para-hydroxylation sites is 2. The fourth-order valence-corrected chi connectivity index (χ4v) is 2.87. The number of nitrogens with zero attached hydrogens (tertiary/aromatic N) is 2. The maximum absolute atomic E-state index is 12.0. The molecule has 1 heterocycles. The van der Waals surface area contributed by atoms with E-state index in [0.717, 1.165) is 0 Å². The zero-order valence-corrected chi connectivity index (χ0v) is 16.1. The first-order valence-corrected chi connectivity index (χ1v) is 9.14. The molecule has 1 aromatic heterocycles. The molecule has 0 bridgehead atoms. The van der Waals surface area contributed by atoms with Crippen molar-refractivity contribution in [3.63, 3.8) is 0 Å². The first-order chi connectivity index (χ1) is 14.3. The van der Waals surface area contributed by atoms with E-state index in [1.54, 1.807) is 31.2 Å². The molecule has 0 aliphatic heterocycles. The van der Waals surface area contributed by atoms with Crippen molar-refractivity contribution >= 4 is 34.4 Å². The molecule has 0 aliphatic rings. The lowest BCUT2D eigenvalue weighted by atomic mass is 10.2. The van der Waals surface area contributed by atoms with Crippen molar-refractivity contribution in [3.8, 4) is 0 Å². The Kier molecular flexibility index (Phi) is 6.26. The molecule has 0 unspecified atom stereocenters. The highest BCUT2D eigenvalue weighted by Gasteiger charge is 2.13.